The number of carbonyl (C=O) groups excluding carboxylic acids is 5. The van der Waals surface area contributed by atoms with E-state index in [0.29, 0.717) is 30.0 Å². The Hall–Kier alpha value is -5.26. The minimum absolute atomic E-state index is 0.0205. The topological polar surface area (TPSA) is 215 Å². The summed E-state index contributed by atoms with van der Waals surface area (Å²) < 4.78 is 33.1. The summed E-state index contributed by atoms with van der Waals surface area (Å²) in [5.74, 6) is -1.58. The molecule has 2 N–H and O–H groups in total. The third-order valence-electron chi connectivity index (χ3n) is 10.9. The molecule has 3 aromatic rings. The standard InChI is InChI=1S/C42H55N6O12P/c1-5-58-37(49)18-21-47(40(51)34-28-36(46-20-17-32(29-46)57-4)44-39(43-34)31-11-9-8-10-12-31)35(27-30-13-15-33(16-14-30)61(54,55)56)41(52)48(24-19-38(50)59-6-2)25-22-45(23-26-48)42(53)60-7-3/h8-16,28,32,35H,5-7,17-27,29H2,1-4H3,(H-,54,55,56)/p+1/t32-,35-/m0/s1. The third-order valence-corrected chi connectivity index (χ3v) is 11.9. The highest BCUT2D eigenvalue weighted by Gasteiger charge is 2.48. The molecule has 2 aliphatic rings. The van der Waals surface area contributed by atoms with Gasteiger partial charge in [-0.3, -0.25) is 28.3 Å². The maximum absolute atomic E-state index is 15.6. The Morgan fingerprint density at radius 2 is 1.51 bits per heavy atom. The Bertz CT molecular complexity index is 2040. The SMILES string of the molecule is CCOC(=O)CCN(C(=O)c1cc(N2CC[C@H](OC)C2)nc(-c2ccccc2)n1)[C@@H](Cc1ccc(P(=O)(O)O)cc1)C(=O)[N+]1(CCC(=O)OCC)CCN(C(=O)OCC)CC1. The first-order valence-corrected chi connectivity index (χ1v) is 22.1. The van der Waals surface area contributed by atoms with E-state index in [4.69, 9.17) is 28.9 Å². The number of ether oxygens (including phenoxy) is 4. The predicted molar refractivity (Wildman–Crippen MR) is 223 cm³/mol. The van der Waals surface area contributed by atoms with E-state index in [1.165, 1.54) is 34.1 Å². The van der Waals surface area contributed by atoms with Crippen LogP contribution in [-0.4, -0.2) is 155 Å². The normalized spacial score (nSPS) is 16.7. The zero-order chi connectivity index (χ0) is 44.2. The number of methoxy groups -OCH3 is 1. The monoisotopic (exact) mass is 867 g/mol. The molecule has 0 unspecified atom stereocenters. The summed E-state index contributed by atoms with van der Waals surface area (Å²) in [7, 11) is -2.98. The summed E-state index contributed by atoms with van der Waals surface area (Å²) in [4.78, 5) is 104. The lowest BCUT2D eigenvalue weighted by Crippen LogP contribution is -2.68. The largest absolute Gasteiger partial charge is 0.466 e. The molecule has 2 atom stereocenters. The third kappa shape index (κ3) is 12.2. The summed E-state index contributed by atoms with van der Waals surface area (Å²) in [5, 5.41) is -0.234. The van der Waals surface area contributed by atoms with E-state index < -0.39 is 43.5 Å². The number of anilines is 1. The molecule has 3 amide bonds. The van der Waals surface area contributed by atoms with Crippen LogP contribution < -0.4 is 10.2 Å². The van der Waals surface area contributed by atoms with Gasteiger partial charge in [0.15, 0.2) is 11.9 Å². The average molecular weight is 868 g/mol. The van der Waals surface area contributed by atoms with Crippen molar-refractivity contribution < 1.29 is 61.8 Å². The Morgan fingerprint density at radius 3 is 2.10 bits per heavy atom. The number of amides is 3. The zero-order valence-corrected chi connectivity index (χ0v) is 36.0. The number of carbonyl (C=O) groups is 5. The highest BCUT2D eigenvalue weighted by atomic mass is 31.2. The number of esters is 2. The minimum atomic E-state index is -4.62. The molecule has 2 saturated heterocycles. The molecule has 2 fully saturated rings. The predicted octanol–water partition coefficient (Wildman–Crippen LogP) is 2.95. The van der Waals surface area contributed by atoms with Crippen molar-refractivity contribution >= 4 is 48.6 Å². The molecule has 0 aliphatic carbocycles. The second-order valence-electron chi connectivity index (χ2n) is 14.8. The first-order chi connectivity index (χ1) is 29.2. The van der Waals surface area contributed by atoms with Crippen LogP contribution in [0.5, 0.6) is 0 Å². The van der Waals surface area contributed by atoms with Gasteiger partial charge in [0.1, 0.15) is 24.6 Å². The smallest absolute Gasteiger partial charge is 0.410 e. The maximum Gasteiger partial charge on any atom is 0.410 e. The molecule has 3 heterocycles. The van der Waals surface area contributed by atoms with Gasteiger partial charge >= 0.3 is 31.5 Å². The Morgan fingerprint density at radius 1 is 0.869 bits per heavy atom. The molecule has 0 saturated carbocycles. The molecular weight excluding hydrogens is 811 g/mol. The lowest BCUT2D eigenvalue weighted by atomic mass is 9.99. The van der Waals surface area contributed by atoms with Gasteiger partial charge in [-0.15, -0.1) is 0 Å². The molecule has 5 rings (SSSR count). The van der Waals surface area contributed by atoms with Crippen LogP contribution in [0.1, 0.15) is 56.1 Å². The van der Waals surface area contributed by atoms with Gasteiger partial charge in [0.05, 0.1) is 63.7 Å². The number of nitrogens with zero attached hydrogens (tertiary/aromatic N) is 6. The molecular formula is C42H56N6O12P+. The number of quaternary nitrogens is 1. The van der Waals surface area contributed by atoms with Crippen LogP contribution in [0.4, 0.5) is 10.6 Å². The molecule has 330 valence electrons. The number of hydrogen-bond acceptors (Lipinski definition) is 13. The maximum atomic E-state index is 15.6. The number of hydrogen-bond donors (Lipinski definition) is 2. The fourth-order valence-electron chi connectivity index (χ4n) is 7.58. The van der Waals surface area contributed by atoms with Crippen molar-refractivity contribution in [3.63, 3.8) is 0 Å². The van der Waals surface area contributed by atoms with Crippen LogP contribution >= 0.6 is 7.60 Å². The number of piperazine rings is 1. The molecule has 0 radical (unpaired) electrons. The summed E-state index contributed by atoms with van der Waals surface area (Å²) in [5.41, 5.74) is 1.04. The van der Waals surface area contributed by atoms with Crippen LogP contribution in [0, 0.1) is 0 Å². The second kappa shape index (κ2) is 21.5. The van der Waals surface area contributed by atoms with E-state index in [0.717, 1.165) is 6.42 Å². The van der Waals surface area contributed by atoms with Crippen molar-refractivity contribution in [3.05, 3.63) is 71.9 Å². The van der Waals surface area contributed by atoms with Crippen LogP contribution in [0.2, 0.25) is 0 Å². The first kappa shape index (κ1) is 46.8. The second-order valence-corrected chi connectivity index (χ2v) is 16.4. The van der Waals surface area contributed by atoms with Gasteiger partial charge in [-0.25, -0.2) is 19.6 Å². The van der Waals surface area contributed by atoms with E-state index in [1.54, 1.807) is 33.9 Å². The van der Waals surface area contributed by atoms with Gasteiger partial charge in [0.25, 0.3) is 5.91 Å². The van der Waals surface area contributed by atoms with Crippen LogP contribution in [-0.2, 0) is 44.3 Å². The van der Waals surface area contributed by atoms with E-state index in [2.05, 4.69) is 0 Å². The number of rotatable bonds is 18. The molecule has 61 heavy (non-hydrogen) atoms. The van der Waals surface area contributed by atoms with Gasteiger partial charge in [-0.1, -0.05) is 42.5 Å². The summed E-state index contributed by atoms with van der Waals surface area (Å²) in [6.45, 7) is 6.52. The zero-order valence-electron chi connectivity index (χ0n) is 35.1. The van der Waals surface area contributed by atoms with Crippen LogP contribution in [0.3, 0.4) is 0 Å². The van der Waals surface area contributed by atoms with Crippen molar-refractivity contribution in [1.82, 2.24) is 19.8 Å². The van der Waals surface area contributed by atoms with Gasteiger partial charge in [0.2, 0.25) is 0 Å². The highest BCUT2D eigenvalue weighted by molar-refractivity contribution is 7.60. The number of aromatic nitrogens is 2. The molecule has 19 heteroatoms. The molecule has 18 nitrogen and oxygen atoms in total. The molecule has 1 aromatic heterocycles. The van der Waals surface area contributed by atoms with Gasteiger partial charge < -0.3 is 38.5 Å². The van der Waals surface area contributed by atoms with Crippen molar-refractivity contribution in [1.29, 1.82) is 0 Å². The molecule has 0 spiro atoms. The minimum Gasteiger partial charge on any atom is -0.466 e. The van der Waals surface area contributed by atoms with Crippen LogP contribution in [0.15, 0.2) is 60.7 Å². The lowest BCUT2D eigenvalue weighted by Gasteiger charge is -2.45. The van der Waals surface area contributed by atoms with Gasteiger partial charge in [-0.05, 0) is 44.9 Å². The van der Waals surface area contributed by atoms with Crippen molar-refractivity contribution in [2.45, 2.75) is 58.6 Å². The summed E-state index contributed by atoms with van der Waals surface area (Å²) in [6.07, 6.45) is -0.463. The number of benzene rings is 2. The van der Waals surface area contributed by atoms with E-state index in [-0.39, 0.29) is 106 Å². The highest BCUT2D eigenvalue weighted by Crippen LogP contribution is 2.33. The van der Waals surface area contributed by atoms with Crippen molar-refractivity contribution in [3.8, 4) is 11.4 Å². The quantitative estimate of drug-likeness (QED) is 0.0814. The Balaban J connectivity index is 1.66. The molecule has 0 bridgehead atoms. The lowest BCUT2D eigenvalue weighted by molar-refractivity contribution is -0.859. The van der Waals surface area contributed by atoms with E-state index in [9.17, 15) is 28.7 Å². The Kier molecular flexibility index (Phi) is 16.5. The first-order valence-electron chi connectivity index (χ1n) is 20.5. The average Bonchev–Trinajstić information content (AvgIpc) is 3.75. The molecule has 2 aliphatic heterocycles. The molecule has 2 aromatic carbocycles. The van der Waals surface area contributed by atoms with E-state index >= 15 is 9.59 Å². The van der Waals surface area contributed by atoms with Gasteiger partial charge in [0, 0.05) is 44.8 Å². The van der Waals surface area contributed by atoms with Crippen molar-refractivity contribution in [2.24, 2.45) is 0 Å². The van der Waals surface area contributed by atoms with E-state index in [1.807, 2.05) is 35.2 Å². The van der Waals surface area contributed by atoms with Gasteiger partial charge in [-0.2, -0.15) is 0 Å². The van der Waals surface area contributed by atoms with Crippen molar-refractivity contribution in [2.75, 3.05) is 84.2 Å². The Labute approximate surface area is 355 Å². The van der Waals surface area contributed by atoms with Crippen LogP contribution in [0.25, 0.3) is 11.4 Å². The summed E-state index contributed by atoms with van der Waals surface area (Å²) >= 11 is 0. The summed E-state index contributed by atoms with van der Waals surface area (Å²) in [6, 6.07) is 14.8. The fourth-order valence-corrected chi connectivity index (χ4v) is 8.11. The fraction of sp³-hybridized carbons (Fsp3) is 0.500.